The molecule has 0 amide bonds. The molecule has 4 N–H and O–H groups in total. The molecule has 536 valence electrons. The summed E-state index contributed by atoms with van der Waals surface area (Å²) in [7, 11) is 0. The van der Waals surface area contributed by atoms with E-state index in [0.717, 1.165) is 23.0 Å². The maximum absolute atomic E-state index is 11.3. The monoisotopic (exact) mass is 1420 g/mol. The molecule has 8 aliphatic rings. The van der Waals surface area contributed by atoms with Crippen LogP contribution in [0.3, 0.4) is 0 Å². The number of aromatic amines is 4. The van der Waals surface area contributed by atoms with Crippen LogP contribution in [0, 0.1) is 23.7 Å². The Labute approximate surface area is 612 Å². The van der Waals surface area contributed by atoms with Crippen molar-refractivity contribution in [1.29, 1.82) is 0 Å². The van der Waals surface area contributed by atoms with Gasteiger partial charge >= 0.3 is 0 Å². The fourth-order valence-electron chi connectivity index (χ4n) is 19.7. The molecule has 4 aliphatic carbocycles. The molecule has 0 spiro atoms. The van der Waals surface area contributed by atoms with Crippen molar-refractivity contribution in [2.75, 3.05) is 98.4 Å². The molecule has 0 saturated carbocycles. The summed E-state index contributed by atoms with van der Waals surface area (Å²) in [5.74, 6) is 13.6. The quantitative estimate of drug-likeness (QED) is 0.0457. The summed E-state index contributed by atoms with van der Waals surface area (Å²) in [4.78, 5) is 70.0. The van der Waals surface area contributed by atoms with Gasteiger partial charge in [-0.15, -0.1) is 0 Å². The Hall–Kier alpha value is -5.04. The highest BCUT2D eigenvalue weighted by atomic mass is 32.2. The number of carbonyl (C=O) groups excluding carboxylic acids is 4. The lowest BCUT2D eigenvalue weighted by Crippen LogP contribution is -2.50. The number of hydrogen-bond acceptors (Lipinski definition) is 12. The Morgan fingerprint density at radius 1 is 0.350 bits per heavy atom. The van der Waals surface area contributed by atoms with Crippen molar-refractivity contribution in [2.45, 2.75) is 180 Å². The van der Waals surface area contributed by atoms with Crippen molar-refractivity contribution in [2.24, 2.45) is 23.7 Å². The highest BCUT2D eigenvalue weighted by Gasteiger charge is 2.45. The van der Waals surface area contributed by atoms with Gasteiger partial charge in [-0.3, -0.25) is 38.8 Å². The third-order valence-electron chi connectivity index (χ3n) is 23.3. The van der Waals surface area contributed by atoms with Gasteiger partial charge in [0.15, 0.2) is 0 Å². The Morgan fingerprint density at radius 3 is 0.770 bits per heavy atom. The van der Waals surface area contributed by atoms with Gasteiger partial charge in [-0.1, -0.05) is 76.2 Å². The summed E-state index contributed by atoms with van der Waals surface area (Å²) in [5, 5.41) is 5.93. The smallest absolute Gasteiger partial charge is 0.139 e. The number of hydrogen-bond donors (Lipinski definition) is 4. The van der Waals surface area contributed by atoms with Crippen LogP contribution in [0.15, 0.2) is 97.6 Å². The second-order valence-corrected chi connectivity index (χ2v) is 35.2. The van der Waals surface area contributed by atoms with Gasteiger partial charge in [-0.2, -0.15) is 47.0 Å². The van der Waals surface area contributed by atoms with E-state index in [0.29, 0.717) is 118 Å². The van der Waals surface area contributed by atoms with Gasteiger partial charge in [0, 0.05) is 142 Å². The van der Waals surface area contributed by atoms with Crippen LogP contribution in [0.4, 0.5) is 0 Å². The van der Waals surface area contributed by atoms with E-state index in [9.17, 15) is 19.2 Å². The van der Waals surface area contributed by atoms with E-state index in [1.54, 1.807) is 49.9 Å². The molecule has 12 nitrogen and oxygen atoms in total. The fourth-order valence-corrected chi connectivity index (χ4v) is 23.7. The van der Waals surface area contributed by atoms with E-state index in [-0.39, 0.29) is 0 Å². The van der Waals surface area contributed by atoms with Gasteiger partial charge in [0.2, 0.25) is 0 Å². The van der Waals surface area contributed by atoms with Crippen LogP contribution < -0.4 is 0 Å². The fraction of sp³-hybridized carbons (Fsp3) is 0.571. The maximum Gasteiger partial charge on any atom is 0.139 e. The van der Waals surface area contributed by atoms with Gasteiger partial charge in [0.05, 0.1) is 23.0 Å². The Balaban J connectivity index is 0.000000119. The normalized spacial score (nSPS) is 25.9. The summed E-state index contributed by atoms with van der Waals surface area (Å²) >= 11 is 7.30. The molecule has 0 radical (unpaired) electrons. The molecule has 100 heavy (non-hydrogen) atoms. The number of ketones is 4. The number of nitrogens with one attached hydrogen (secondary N) is 4. The summed E-state index contributed by atoms with van der Waals surface area (Å²) in [5.41, 5.74) is 17.4. The lowest BCUT2D eigenvalue weighted by atomic mass is 9.72. The molecule has 8 aromatic rings. The van der Waals surface area contributed by atoms with Crippen molar-refractivity contribution in [3.63, 3.8) is 0 Å². The molecule has 12 atom stereocenters. The lowest BCUT2D eigenvalue weighted by molar-refractivity contribution is -0.115. The number of aromatic nitrogens is 4. The van der Waals surface area contributed by atoms with E-state index in [1.165, 1.54) is 195 Å². The van der Waals surface area contributed by atoms with E-state index in [2.05, 4.69) is 165 Å². The van der Waals surface area contributed by atoms with Crippen LogP contribution in [-0.2, 0) is 44.9 Å². The van der Waals surface area contributed by atoms with Crippen molar-refractivity contribution in [1.82, 2.24) is 39.5 Å². The minimum Gasteiger partial charge on any atom is -0.361 e. The maximum atomic E-state index is 11.3. The molecule has 4 aromatic heterocycles. The Morgan fingerprint density at radius 2 is 0.570 bits per heavy atom. The largest absolute Gasteiger partial charge is 0.361 e. The van der Waals surface area contributed by atoms with Crippen LogP contribution in [0.25, 0.3) is 43.6 Å². The summed E-state index contributed by atoms with van der Waals surface area (Å²) in [6.45, 7) is 25.4. The summed E-state index contributed by atoms with van der Waals surface area (Å²) in [6, 6.07) is 29.6. The van der Waals surface area contributed by atoms with Gasteiger partial charge < -0.3 is 19.9 Å². The van der Waals surface area contributed by atoms with Gasteiger partial charge in [0.1, 0.15) is 23.1 Å². The van der Waals surface area contributed by atoms with E-state index in [1.807, 2.05) is 47.0 Å². The molecule has 0 bridgehead atoms. The van der Waals surface area contributed by atoms with E-state index >= 15 is 0 Å². The van der Waals surface area contributed by atoms with Crippen LogP contribution in [0.1, 0.15) is 175 Å². The van der Waals surface area contributed by atoms with Crippen molar-refractivity contribution in [3.8, 4) is 0 Å². The molecule has 0 unspecified atom stereocenters. The summed E-state index contributed by atoms with van der Waals surface area (Å²) in [6.07, 6.45) is 23.5. The van der Waals surface area contributed by atoms with E-state index in [4.69, 9.17) is 0 Å². The first-order chi connectivity index (χ1) is 48.7. The zero-order valence-corrected chi connectivity index (χ0v) is 64.3. The zero-order chi connectivity index (χ0) is 69.6. The first kappa shape index (κ1) is 73.3. The van der Waals surface area contributed by atoms with Crippen LogP contribution in [-0.4, -0.2) is 185 Å². The molecular weight excluding hydrogens is 1310 g/mol. The second kappa shape index (κ2) is 33.8. The number of benzene rings is 4. The molecule has 16 heteroatoms. The number of Topliss-reactive ketones (excluding diaryl/α,β-unsaturated/α-hetero) is 4. The topological polar surface area (TPSA) is 144 Å². The molecule has 4 saturated heterocycles. The van der Waals surface area contributed by atoms with Gasteiger partial charge in [-0.25, -0.2) is 0 Å². The predicted octanol–water partition coefficient (Wildman–Crippen LogP) is 16.9. The van der Waals surface area contributed by atoms with Crippen molar-refractivity contribution >= 4 is 114 Å². The SMILES string of the molecule is CCCN1C[C@H](CSCC(C)=O)C[C@@H]2c3cccc4[nH]cc(c34)C[C@H]21.CCCN1C[C@H](CSCC(C)=O)C[C@@H]2c3cccc4[nH]cc(c34)C[C@H]21.CCCN1C[C@H](CSCC(C)=O)C[C@@H]2c3cccc4[nH]cc(c34)C[C@H]21.CCCN1C[C@H](CSCC(C)=O)C[C@@H]2c3cccc4[nH]cc(c34)C[C@H]21. The average molecular weight is 1430 g/mol. The average Bonchev–Trinajstić information content (AvgIpc) is 1.47. The van der Waals surface area contributed by atoms with Gasteiger partial charge in [0.25, 0.3) is 0 Å². The number of likely N-dealkylation sites (tertiary alicyclic amines) is 4. The molecular formula is C84H112N8O4S4. The number of thioether (sulfide) groups is 4. The minimum atomic E-state index is 0.295. The Bertz CT molecular complexity index is 3590. The second-order valence-electron chi connectivity index (χ2n) is 31.1. The molecule has 4 aliphatic heterocycles. The zero-order valence-electron chi connectivity index (χ0n) is 61.0. The number of rotatable bonds is 24. The summed E-state index contributed by atoms with van der Waals surface area (Å²) < 4.78 is 0. The third kappa shape index (κ3) is 16.4. The van der Waals surface area contributed by atoms with Crippen LogP contribution in [0.5, 0.6) is 0 Å². The number of nitrogens with zero attached hydrogens (tertiary/aromatic N) is 4. The standard InChI is InChI=1S/4C21H28N2OS/c4*1-3-7-23-11-15(13-25-12-14(2)24)8-18-17-5-4-6-19-21(17)16(10-22-19)9-20(18)23/h4*4-6,10,15,18,20,22H,3,7-9,11-13H2,1-2H3/t4*15-,18-,20-/m1111/s1. The third-order valence-corrected chi connectivity index (χ3v) is 28.6. The first-order valence-electron chi connectivity index (χ1n) is 38.3. The first-order valence-corrected chi connectivity index (χ1v) is 42.9. The molecule has 16 rings (SSSR count). The van der Waals surface area contributed by atoms with Crippen LogP contribution in [0.2, 0.25) is 0 Å². The van der Waals surface area contributed by atoms with Crippen molar-refractivity contribution in [3.05, 3.63) is 142 Å². The van der Waals surface area contributed by atoms with Crippen molar-refractivity contribution < 1.29 is 19.2 Å². The van der Waals surface area contributed by atoms with Gasteiger partial charge in [-0.05, 0) is 246 Å². The number of fused-ring (bicyclic) bond motifs is 8. The Kier molecular flexibility index (Phi) is 24.8. The molecule has 4 aromatic carbocycles. The lowest BCUT2D eigenvalue weighted by Gasteiger charge is -2.47. The number of piperidine rings is 4. The van der Waals surface area contributed by atoms with Crippen LogP contribution >= 0.6 is 47.0 Å². The minimum absolute atomic E-state index is 0.295. The highest BCUT2D eigenvalue weighted by molar-refractivity contribution is 8.00. The number of H-pyrrole nitrogens is 4. The predicted molar refractivity (Wildman–Crippen MR) is 426 cm³/mol. The highest BCUT2D eigenvalue weighted by Crippen LogP contribution is 2.50. The van der Waals surface area contributed by atoms with E-state index < -0.39 is 0 Å². The molecule has 4 fully saturated rings. The molecule has 8 heterocycles. The number of carbonyl (C=O) groups is 4.